The van der Waals surface area contributed by atoms with Crippen molar-refractivity contribution < 1.29 is 36.9 Å². The van der Waals surface area contributed by atoms with Crippen LogP contribution >= 0.6 is 0 Å². The molecule has 3 aliphatic rings. The molecule has 0 bridgehead atoms. The highest BCUT2D eigenvalue weighted by molar-refractivity contribution is 5.77. The number of ether oxygens (including phenoxy) is 2. The monoisotopic (exact) mass is 513 g/mol. The number of halogens is 4. The van der Waals surface area contributed by atoms with Gasteiger partial charge >= 0.3 is 12.1 Å². The number of nitrogens with zero attached hydrogens (tertiary/aromatic N) is 1. The number of benzene rings is 2. The van der Waals surface area contributed by atoms with Crippen molar-refractivity contribution in [3.05, 3.63) is 93.4 Å². The molecule has 5 nitrogen and oxygen atoms in total. The summed E-state index contributed by atoms with van der Waals surface area (Å²) in [6.07, 6.45) is -3.33. The normalized spacial score (nSPS) is 24.8. The van der Waals surface area contributed by atoms with Gasteiger partial charge in [0, 0.05) is 23.7 Å². The fraction of sp³-hybridized carbons (Fsp3) is 0.357. The zero-order valence-electron chi connectivity index (χ0n) is 20.0. The number of alkyl halides is 3. The maximum Gasteiger partial charge on any atom is 0.416 e. The molecule has 2 aromatic carbocycles. The van der Waals surface area contributed by atoms with Gasteiger partial charge in [0.15, 0.2) is 0 Å². The summed E-state index contributed by atoms with van der Waals surface area (Å²) < 4.78 is 68.1. The Kier molecular flexibility index (Phi) is 5.18. The van der Waals surface area contributed by atoms with Crippen molar-refractivity contribution in [1.82, 2.24) is 4.98 Å². The highest BCUT2D eigenvalue weighted by Crippen LogP contribution is 2.61. The molecule has 3 aromatic rings. The summed E-state index contributed by atoms with van der Waals surface area (Å²) in [6, 6.07) is 9.81. The Morgan fingerprint density at radius 2 is 1.92 bits per heavy atom. The second kappa shape index (κ2) is 8.02. The van der Waals surface area contributed by atoms with E-state index >= 15 is 4.39 Å². The molecule has 1 saturated carbocycles. The van der Waals surface area contributed by atoms with Gasteiger partial charge in [-0.25, -0.2) is 9.37 Å². The lowest BCUT2D eigenvalue weighted by Crippen LogP contribution is -2.18. The van der Waals surface area contributed by atoms with Crippen LogP contribution in [0.2, 0.25) is 0 Å². The second-order valence-corrected chi connectivity index (χ2v) is 10.4. The van der Waals surface area contributed by atoms with E-state index in [1.54, 1.807) is 26.1 Å². The minimum atomic E-state index is -4.57. The number of hydrogen-bond acceptors (Lipinski definition) is 4. The third kappa shape index (κ3) is 3.87. The van der Waals surface area contributed by atoms with E-state index in [4.69, 9.17) is 9.47 Å². The van der Waals surface area contributed by atoms with Gasteiger partial charge < -0.3 is 14.6 Å². The van der Waals surface area contributed by atoms with E-state index in [2.05, 4.69) is 4.98 Å². The molecule has 6 rings (SSSR count). The smallest absolute Gasteiger partial charge is 0.416 e. The van der Waals surface area contributed by atoms with Crippen LogP contribution in [0.5, 0.6) is 5.88 Å². The molecule has 2 aliphatic carbocycles. The van der Waals surface area contributed by atoms with Crippen molar-refractivity contribution in [2.24, 2.45) is 11.8 Å². The van der Waals surface area contributed by atoms with Crippen LogP contribution in [-0.2, 0) is 34.3 Å². The number of carbonyl (C=O) groups is 1. The number of aromatic nitrogens is 1. The summed E-state index contributed by atoms with van der Waals surface area (Å²) in [5.41, 5.74) is 1.20. The van der Waals surface area contributed by atoms with E-state index < -0.39 is 35.2 Å². The summed E-state index contributed by atoms with van der Waals surface area (Å²) in [5.74, 6) is -1.35. The van der Waals surface area contributed by atoms with Crippen LogP contribution < -0.4 is 4.74 Å². The summed E-state index contributed by atoms with van der Waals surface area (Å²) in [7, 11) is 0. The number of pyridine rings is 1. The molecule has 1 fully saturated rings. The van der Waals surface area contributed by atoms with Crippen LogP contribution in [-0.4, -0.2) is 16.1 Å². The molecule has 0 radical (unpaired) electrons. The van der Waals surface area contributed by atoms with Gasteiger partial charge in [0.25, 0.3) is 0 Å². The van der Waals surface area contributed by atoms with Gasteiger partial charge in [-0.15, -0.1) is 0 Å². The quantitative estimate of drug-likeness (QED) is 0.415. The van der Waals surface area contributed by atoms with E-state index in [0.29, 0.717) is 17.5 Å². The molecule has 9 heteroatoms. The van der Waals surface area contributed by atoms with E-state index in [0.717, 1.165) is 17.2 Å². The lowest BCUT2D eigenvalue weighted by atomic mass is 9.90. The minimum absolute atomic E-state index is 0.0110. The summed E-state index contributed by atoms with van der Waals surface area (Å²) >= 11 is 0. The Morgan fingerprint density at radius 3 is 2.65 bits per heavy atom. The first-order valence-electron chi connectivity index (χ1n) is 12.0. The van der Waals surface area contributed by atoms with Crippen molar-refractivity contribution in [1.29, 1.82) is 0 Å². The van der Waals surface area contributed by atoms with Crippen LogP contribution in [0.25, 0.3) is 0 Å². The van der Waals surface area contributed by atoms with Gasteiger partial charge in [0.05, 0.1) is 17.1 Å². The molecule has 0 saturated heterocycles. The van der Waals surface area contributed by atoms with Gasteiger partial charge in [-0.1, -0.05) is 18.2 Å². The van der Waals surface area contributed by atoms with Crippen molar-refractivity contribution in [2.45, 2.75) is 50.7 Å². The number of hydrogen-bond donors (Lipinski definition) is 1. The molecule has 0 amide bonds. The third-order valence-electron chi connectivity index (χ3n) is 7.75. The number of fused-ring (bicyclic) bond motifs is 4. The molecule has 0 spiro atoms. The number of carboxylic acid groups (broad SMARTS) is 1. The Balaban J connectivity index is 1.28. The highest BCUT2D eigenvalue weighted by Gasteiger charge is 2.60. The van der Waals surface area contributed by atoms with Gasteiger partial charge in [-0.05, 0) is 72.2 Å². The zero-order valence-corrected chi connectivity index (χ0v) is 20.0. The summed E-state index contributed by atoms with van der Waals surface area (Å²) in [6.45, 7) is 3.22. The standard InChI is InChI=1S/C28H23F4NO4/c1-27(2)20-10-21(29)14(8-16(20)25(37-27)15-5-3-4-6-19(15)28(30,31)32)12-36-22-9-13-7-17-23(18(13)11-33-22)24(17)26(34)35/h3-6,8-11,17,23-25H,7,12H2,1-2H3,(H,34,35)/t17-,23-,24+,25?/m1/s1. The van der Waals surface area contributed by atoms with Crippen molar-refractivity contribution in [3.8, 4) is 5.88 Å². The van der Waals surface area contributed by atoms with Gasteiger partial charge in [0.2, 0.25) is 5.88 Å². The Hall–Kier alpha value is -3.46. The number of carboxylic acids is 1. The Morgan fingerprint density at radius 1 is 1.16 bits per heavy atom. The number of aliphatic carboxylic acids is 1. The van der Waals surface area contributed by atoms with Gasteiger partial charge in [-0.2, -0.15) is 13.2 Å². The maximum atomic E-state index is 15.1. The first-order chi connectivity index (χ1) is 17.5. The van der Waals surface area contributed by atoms with E-state index in [-0.39, 0.29) is 41.4 Å². The highest BCUT2D eigenvalue weighted by atomic mass is 19.4. The lowest BCUT2D eigenvalue weighted by molar-refractivity contribution is -0.140. The second-order valence-electron chi connectivity index (χ2n) is 10.4. The average molecular weight is 513 g/mol. The van der Waals surface area contributed by atoms with Crippen molar-refractivity contribution >= 4 is 5.97 Å². The molecule has 4 atom stereocenters. The summed E-state index contributed by atoms with van der Waals surface area (Å²) in [4.78, 5) is 15.6. The topological polar surface area (TPSA) is 68.7 Å². The minimum Gasteiger partial charge on any atom is -0.481 e. The van der Waals surface area contributed by atoms with Crippen molar-refractivity contribution in [2.75, 3.05) is 0 Å². The largest absolute Gasteiger partial charge is 0.481 e. The zero-order chi connectivity index (χ0) is 26.3. The van der Waals surface area contributed by atoms with E-state index in [1.807, 2.05) is 0 Å². The molecule has 1 aromatic heterocycles. The lowest BCUT2D eigenvalue weighted by Gasteiger charge is -2.22. The Bertz CT molecular complexity index is 1430. The molecule has 2 heterocycles. The fourth-order valence-electron chi connectivity index (χ4n) is 5.96. The van der Waals surface area contributed by atoms with Crippen LogP contribution in [0.4, 0.5) is 17.6 Å². The van der Waals surface area contributed by atoms with E-state index in [1.165, 1.54) is 30.3 Å². The SMILES string of the molecule is CC1(C)OC(c2ccccc2C(F)(F)F)c2cc(COc3cc4c(cn3)[C@H]3[C@@H](C4)[C@@H]3C(=O)O)c(F)cc21. The molecular formula is C28H23F4NO4. The van der Waals surface area contributed by atoms with Crippen LogP contribution in [0.3, 0.4) is 0 Å². The predicted molar refractivity (Wildman–Crippen MR) is 123 cm³/mol. The van der Waals surface area contributed by atoms with Crippen LogP contribution in [0, 0.1) is 17.7 Å². The van der Waals surface area contributed by atoms with Gasteiger partial charge in [-0.3, -0.25) is 4.79 Å². The average Bonchev–Trinajstić information content (AvgIpc) is 3.33. The van der Waals surface area contributed by atoms with Crippen LogP contribution in [0.1, 0.15) is 64.8 Å². The Labute approximate surface area is 210 Å². The number of rotatable bonds is 5. The molecule has 192 valence electrons. The first kappa shape index (κ1) is 23.9. The van der Waals surface area contributed by atoms with Crippen LogP contribution in [0.15, 0.2) is 48.7 Å². The fourth-order valence-corrected chi connectivity index (χ4v) is 5.96. The molecule has 1 aliphatic heterocycles. The molecule has 1 unspecified atom stereocenters. The maximum absolute atomic E-state index is 15.1. The third-order valence-corrected chi connectivity index (χ3v) is 7.75. The summed E-state index contributed by atoms with van der Waals surface area (Å²) in [5, 5.41) is 9.28. The van der Waals surface area contributed by atoms with Crippen molar-refractivity contribution in [3.63, 3.8) is 0 Å². The molecule has 1 N–H and O–H groups in total. The molecular weight excluding hydrogens is 490 g/mol. The van der Waals surface area contributed by atoms with Gasteiger partial charge in [0.1, 0.15) is 18.5 Å². The first-order valence-corrected chi connectivity index (χ1v) is 12.0. The molecule has 37 heavy (non-hydrogen) atoms. The predicted octanol–water partition coefficient (Wildman–Crippen LogP) is 6.14. The van der Waals surface area contributed by atoms with E-state index in [9.17, 15) is 23.1 Å².